The van der Waals surface area contributed by atoms with Gasteiger partial charge in [-0.05, 0) is 27.7 Å². The van der Waals surface area contributed by atoms with E-state index in [0.717, 1.165) is 0 Å². The molecule has 3 aliphatic rings. The molecule has 0 aromatic heterocycles. The minimum absolute atomic E-state index is 0.295. The number of aliphatic hydroxyl groups is 1. The lowest BCUT2D eigenvalue weighted by Crippen LogP contribution is -2.42. The largest absolute Gasteiger partial charge is 0.387 e. The molecular weight excluding hydrogens is 240 g/mol. The molecule has 5 atom stereocenters. The van der Waals surface area contributed by atoms with Crippen LogP contribution < -0.4 is 0 Å². The molecule has 6 heteroatoms. The van der Waals surface area contributed by atoms with Crippen molar-refractivity contribution < 1.29 is 28.8 Å². The van der Waals surface area contributed by atoms with Crippen molar-refractivity contribution in [3.8, 4) is 0 Å². The first-order chi connectivity index (χ1) is 8.27. The quantitative estimate of drug-likeness (QED) is 0.735. The summed E-state index contributed by atoms with van der Waals surface area (Å²) in [5.41, 5.74) is 0. The van der Waals surface area contributed by atoms with E-state index in [2.05, 4.69) is 0 Å². The highest BCUT2D eigenvalue weighted by atomic mass is 16.8. The molecule has 0 saturated carbocycles. The third-order valence-corrected chi connectivity index (χ3v) is 3.45. The fourth-order valence-electron chi connectivity index (χ4n) is 2.70. The number of hydrogen-bond donors (Lipinski definition) is 1. The van der Waals surface area contributed by atoms with Gasteiger partial charge in [0, 0.05) is 0 Å². The van der Waals surface area contributed by atoms with Gasteiger partial charge in [0.2, 0.25) is 0 Å². The van der Waals surface area contributed by atoms with E-state index in [1.165, 1.54) is 0 Å². The number of ether oxygens (including phenoxy) is 5. The predicted molar refractivity (Wildman–Crippen MR) is 59.6 cm³/mol. The predicted octanol–water partition coefficient (Wildman–Crippen LogP) is 0.375. The summed E-state index contributed by atoms with van der Waals surface area (Å²) in [6.45, 7) is 7.68. The molecule has 3 saturated heterocycles. The number of hydrogen-bond acceptors (Lipinski definition) is 6. The van der Waals surface area contributed by atoms with Crippen molar-refractivity contribution in [2.45, 2.75) is 70.0 Å². The Morgan fingerprint density at radius 1 is 0.944 bits per heavy atom. The van der Waals surface area contributed by atoms with Gasteiger partial charge in [-0.25, -0.2) is 0 Å². The average molecular weight is 260 g/mol. The molecule has 0 amide bonds. The van der Waals surface area contributed by atoms with Crippen LogP contribution in [0.25, 0.3) is 0 Å². The van der Waals surface area contributed by atoms with Crippen LogP contribution in [0.4, 0.5) is 0 Å². The number of rotatable bonds is 1. The molecule has 1 N–H and O–H groups in total. The molecule has 3 fully saturated rings. The molecule has 3 rings (SSSR count). The van der Waals surface area contributed by atoms with Crippen molar-refractivity contribution in [3.05, 3.63) is 0 Å². The summed E-state index contributed by atoms with van der Waals surface area (Å²) in [6.07, 6.45) is -2.53. The van der Waals surface area contributed by atoms with Crippen LogP contribution in [-0.4, -0.2) is 54.0 Å². The maximum absolute atomic E-state index is 10.3. The Balaban J connectivity index is 1.68. The molecule has 0 bridgehead atoms. The summed E-state index contributed by atoms with van der Waals surface area (Å²) < 4.78 is 28.1. The molecule has 0 spiro atoms. The Morgan fingerprint density at radius 2 is 1.67 bits per heavy atom. The van der Waals surface area contributed by atoms with Gasteiger partial charge in [0.25, 0.3) is 0 Å². The van der Waals surface area contributed by atoms with E-state index in [1.807, 2.05) is 13.8 Å². The summed E-state index contributed by atoms with van der Waals surface area (Å²) in [5, 5.41) is 10.3. The van der Waals surface area contributed by atoms with Gasteiger partial charge < -0.3 is 28.8 Å². The van der Waals surface area contributed by atoms with Crippen LogP contribution in [0.1, 0.15) is 27.7 Å². The Hall–Kier alpha value is -0.240. The van der Waals surface area contributed by atoms with Crippen LogP contribution in [0, 0.1) is 0 Å². The lowest BCUT2D eigenvalue weighted by Gasteiger charge is -2.26. The van der Waals surface area contributed by atoms with E-state index in [1.54, 1.807) is 13.8 Å². The standard InChI is InChI=1S/C12H20O6/c1-11(2)14-5-6(16-11)8-7(13)9-10(15-8)18-12(3,4)17-9/h6-10,13H,5H2,1-4H3/t6-,7+,8-,9+,10+/m0/s1. The average Bonchev–Trinajstić information content (AvgIpc) is 2.81. The second-order valence-corrected chi connectivity index (χ2v) is 5.93. The molecule has 104 valence electrons. The maximum Gasteiger partial charge on any atom is 0.190 e. The molecule has 6 nitrogen and oxygen atoms in total. The third-order valence-electron chi connectivity index (χ3n) is 3.45. The normalized spacial score (nSPS) is 49.5. The first-order valence-corrected chi connectivity index (χ1v) is 6.28. The Labute approximate surface area is 106 Å². The molecule has 0 radical (unpaired) electrons. The van der Waals surface area contributed by atoms with E-state index in [9.17, 15) is 5.11 Å². The van der Waals surface area contributed by atoms with Gasteiger partial charge in [-0.15, -0.1) is 0 Å². The number of fused-ring (bicyclic) bond motifs is 1. The van der Waals surface area contributed by atoms with Gasteiger partial charge in [0.05, 0.1) is 6.61 Å². The van der Waals surface area contributed by atoms with Crippen LogP contribution in [0.15, 0.2) is 0 Å². The second kappa shape index (κ2) is 3.88. The minimum Gasteiger partial charge on any atom is -0.387 e. The highest BCUT2D eigenvalue weighted by molar-refractivity contribution is 4.97. The molecule has 0 aromatic carbocycles. The van der Waals surface area contributed by atoms with E-state index < -0.39 is 36.2 Å². The van der Waals surface area contributed by atoms with Crippen LogP contribution in [-0.2, 0) is 23.7 Å². The molecule has 3 heterocycles. The lowest BCUT2D eigenvalue weighted by molar-refractivity contribution is -0.232. The van der Waals surface area contributed by atoms with Gasteiger partial charge in [-0.1, -0.05) is 0 Å². The molecule has 18 heavy (non-hydrogen) atoms. The fourth-order valence-corrected chi connectivity index (χ4v) is 2.70. The summed E-state index contributed by atoms with van der Waals surface area (Å²) in [6, 6.07) is 0. The van der Waals surface area contributed by atoms with Crippen LogP contribution in [0.5, 0.6) is 0 Å². The van der Waals surface area contributed by atoms with Crippen molar-refractivity contribution in [1.29, 1.82) is 0 Å². The topological polar surface area (TPSA) is 66.4 Å². The maximum atomic E-state index is 10.3. The summed E-state index contributed by atoms with van der Waals surface area (Å²) in [5.74, 6) is -1.35. The van der Waals surface area contributed by atoms with Crippen LogP contribution in [0.2, 0.25) is 0 Å². The van der Waals surface area contributed by atoms with Crippen LogP contribution in [0.3, 0.4) is 0 Å². The van der Waals surface area contributed by atoms with Crippen molar-refractivity contribution in [2.24, 2.45) is 0 Å². The monoisotopic (exact) mass is 260 g/mol. The van der Waals surface area contributed by atoms with Gasteiger partial charge >= 0.3 is 0 Å². The summed E-state index contributed by atoms with van der Waals surface area (Å²) in [7, 11) is 0. The van der Waals surface area contributed by atoms with Crippen LogP contribution >= 0.6 is 0 Å². The number of aliphatic hydroxyl groups excluding tert-OH is 1. The van der Waals surface area contributed by atoms with Gasteiger partial charge in [-0.3, -0.25) is 0 Å². The zero-order valence-corrected chi connectivity index (χ0v) is 11.1. The Morgan fingerprint density at radius 3 is 2.22 bits per heavy atom. The zero-order valence-electron chi connectivity index (χ0n) is 11.1. The van der Waals surface area contributed by atoms with Crippen molar-refractivity contribution in [3.63, 3.8) is 0 Å². The first-order valence-electron chi connectivity index (χ1n) is 6.28. The summed E-state index contributed by atoms with van der Waals surface area (Å²) in [4.78, 5) is 0. The molecule has 0 aliphatic carbocycles. The minimum atomic E-state index is -0.765. The molecule has 3 aliphatic heterocycles. The Bertz CT molecular complexity index is 341. The molecular formula is C12H20O6. The zero-order chi connectivity index (χ0) is 13.1. The van der Waals surface area contributed by atoms with Gasteiger partial charge in [-0.2, -0.15) is 0 Å². The highest BCUT2D eigenvalue weighted by Gasteiger charge is 2.57. The van der Waals surface area contributed by atoms with Crippen molar-refractivity contribution in [2.75, 3.05) is 6.61 Å². The summed E-state index contributed by atoms with van der Waals surface area (Å²) >= 11 is 0. The highest BCUT2D eigenvalue weighted by Crippen LogP contribution is 2.40. The van der Waals surface area contributed by atoms with E-state index in [4.69, 9.17) is 23.7 Å². The first kappa shape index (κ1) is 12.8. The smallest absolute Gasteiger partial charge is 0.190 e. The van der Waals surface area contributed by atoms with E-state index in [-0.39, 0.29) is 6.10 Å². The second-order valence-electron chi connectivity index (χ2n) is 5.93. The van der Waals surface area contributed by atoms with Crippen molar-refractivity contribution in [1.82, 2.24) is 0 Å². The van der Waals surface area contributed by atoms with E-state index in [0.29, 0.717) is 6.61 Å². The van der Waals surface area contributed by atoms with Gasteiger partial charge in [0.1, 0.15) is 24.4 Å². The molecule has 0 aromatic rings. The van der Waals surface area contributed by atoms with Crippen molar-refractivity contribution >= 4 is 0 Å². The van der Waals surface area contributed by atoms with Gasteiger partial charge in [0.15, 0.2) is 17.9 Å². The molecule has 0 unspecified atom stereocenters. The van der Waals surface area contributed by atoms with E-state index >= 15 is 0 Å². The SMILES string of the molecule is CC1(C)O[C@H]2O[C@@H]([C@@H]3COC(C)(C)O3)[C@@H](O)[C@H]2O1. The Kier molecular flexibility index (Phi) is 2.75. The third kappa shape index (κ3) is 2.07. The fraction of sp³-hybridized carbons (Fsp3) is 1.00. The lowest BCUT2D eigenvalue weighted by atomic mass is 10.1.